The lowest BCUT2D eigenvalue weighted by atomic mass is 10.2. The highest BCUT2D eigenvalue weighted by Gasteiger charge is 2.19. The predicted octanol–water partition coefficient (Wildman–Crippen LogP) is 3.09. The van der Waals surface area contributed by atoms with Crippen LogP contribution in [0.3, 0.4) is 0 Å². The summed E-state index contributed by atoms with van der Waals surface area (Å²) in [7, 11) is 0. The van der Waals surface area contributed by atoms with Crippen LogP contribution in [0.5, 0.6) is 0 Å². The first-order chi connectivity index (χ1) is 12.6. The van der Waals surface area contributed by atoms with E-state index in [4.69, 9.17) is 4.74 Å². The van der Waals surface area contributed by atoms with Gasteiger partial charge in [0, 0.05) is 5.69 Å². The minimum atomic E-state index is -0.536. The van der Waals surface area contributed by atoms with Gasteiger partial charge >= 0.3 is 5.97 Å². The molecular weight excluding hydrogens is 330 g/mol. The Kier molecular flexibility index (Phi) is 5.13. The summed E-state index contributed by atoms with van der Waals surface area (Å²) in [5, 5.41) is 20.7. The van der Waals surface area contributed by atoms with E-state index in [-0.39, 0.29) is 12.3 Å². The van der Waals surface area contributed by atoms with E-state index in [0.29, 0.717) is 17.0 Å². The number of H-pyrrole nitrogens is 1. The molecule has 0 bridgehead atoms. The molecule has 2 heterocycles. The molecule has 0 atom stereocenters. The average molecular weight is 349 g/mol. The Balaban J connectivity index is 1.83. The van der Waals surface area contributed by atoms with E-state index in [1.807, 2.05) is 30.3 Å². The van der Waals surface area contributed by atoms with Crippen LogP contribution in [0.1, 0.15) is 46.5 Å². The monoisotopic (exact) mass is 349 g/mol. The number of para-hydroxylation sites is 1. The fourth-order valence-electron chi connectivity index (χ4n) is 2.71. The van der Waals surface area contributed by atoms with Crippen molar-refractivity contribution in [3.63, 3.8) is 0 Å². The summed E-state index contributed by atoms with van der Waals surface area (Å²) >= 11 is 0. The Morgan fingerprint density at radius 3 is 2.81 bits per heavy atom. The number of aryl methyl sites for hydroxylation is 2. The van der Waals surface area contributed by atoms with E-state index in [1.54, 1.807) is 17.7 Å². The lowest BCUT2D eigenvalue weighted by Crippen LogP contribution is -2.10. The second kappa shape index (κ2) is 7.66. The summed E-state index contributed by atoms with van der Waals surface area (Å²) in [5.41, 5.74) is 3.46. The van der Waals surface area contributed by atoms with Crippen molar-refractivity contribution in [2.45, 2.75) is 33.3 Å². The summed E-state index contributed by atoms with van der Waals surface area (Å²) in [6, 6.07) is 13.3. The van der Waals surface area contributed by atoms with Crippen LogP contribution in [0, 0.1) is 18.3 Å². The summed E-state index contributed by atoms with van der Waals surface area (Å²) in [5.74, 6) is -0.536. The zero-order chi connectivity index (χ0) is 18.5. The molecule has 0 saturated carbocycles. The lowest BCUT2D eigenvalue weighted by Gasteiger charge is -2.08. The molecule has 26 heavy (non-hydrogen) atoms. The molecule has 132 valence electrons. The number of esters is 1. The van der Waals surface area contributed by atoms with Crippen LogP contribution >= 0.6 is 0 Å². The first-order valence-electron chi connectivity index (χ1n) is 8.39. The third-order valence-corrected chi connectivity index (χ3v) is 3.97. The number of aromatic nitrogens is 4. The fourth-order valence-corrected chi connectivity index (χ4v) is 2.71. The summed E-state index contributed by atoms with van der Waals surface area (Å²) in [6.07, 6.45) is 1.77. The van der Waals surface area contributed by atoms with Crippen molar-refractivity contribution >= 4 is 5.97 Å². The van der Waals surface area contributed by atoms with Gasteiger partial charge in [0.2, 0.25) is 0 Å². The number of hydrogen-bond donors (Lipinski definition) is 1. The summed E-state index contributed by atoms with van der Waals surface area (Å²) < 4.78 is 7.02. The van der Waals surface area contributed by atoms with Gasteiger partial charge in [-0.25, -0.2) is 9.48 Å². The second-order valence-electron chi connectivity index (χ2n) is 5.87. The Morgan fingerprint density at radius 1 is 1.35 bits per heavy atom. The van der Waals surface area contributed by atoms with E-state index >= 15 is 0 Å². The molecule has 0 saturated heterocycles. The third-order valence-electron chi connectivity index (χ3n) is 3.97. The minimum absolute atomic E-state index is 0.0621. The second-order valence-corrected chi connectivity index (χ2v) is 5.87. The van der Waals surface area contributed by atoms with Gasteiger partial charge in [-0.05, 0) is 31.5 Å². The van der Waals surface area contributed by atoms with Gasteiger partial charge in [-0.2, -0.15) is 15.5 Å². The van der Waals surface area contributed by atoms with Crippen molar-refractivity contribution in [2.24, 2.45) is 0 Å². The van der Waals surface area contributed by atoms with E-state index in [1.165, 1.54) is 0 Å². The van der Waals surface area contributed by atoms with Gasteiger partial charge in [0.05, 0.1) is 17.1 Å². The Morgan fingerprint density at radius 2 is 2.12 bits per heavy atom. The van der Waals surface area contributed by atoms with Crippen molar-refractivity contribution < 1.29 is 9.53 Å². The van der Waals surface area contributed by atoms with Crippen molar-refractivity contribution in [1.29, 1.82) is 5.26 Å². The zero-order valence-corrected chi connectivity index (χ0v) is 14.7. The van der Waals surface area contributed by atoms with Crippen LogP contribution in [0.15, 0.2) is 36.4 Å². The largest absolute Gasteiger partial charge is 0.454 e. The molecule has 0 spiro atoms. The number of aromatic amines is 1. The number of benzene rings is 1. The molecular formula is C19H19N5O2. The Labute approximate surface area is 151 Å². The van der Waals surface area contributed by atoms with Crippen molar-refractivity contribution in [3.05, 3.63) is 64.7 Å². The number of nitriles is 1. The molecule has 0 fully saturated rings. The van der Waals surface area contributed by atoms with Crippen LogP contribution in [-0.2, 0) is 17.8 Å². The lowest BCUT2D eigenvalue weighted by molar-refractivity contribution is 0.0457. The summed E-state index contributed by atoms with van der Waals surface area (Å²) in [6.45, 7) is 3.75. The fraction of sp³-hybridized carbons (Fsp3) is 0.263. The maximum atomic E-state index is 12.3. The number of carbonyl (C=O) groups is 1. The smallest absolute Gasteiger partial charge is 0.359 e. The van der Waals surface area contributed by atoms with Crippen LogP contribution in [0.4, 0.5) is 0 Å². The maximum absolute atomic E-state index is 12.3. The van der Waals surface area contributed by atoms with Crippen molar-refractivity contribution in [2.75, 3.05) is 0 Å². The maximum Gasteiger partial charge on any atom is 0.359 e. The average Bonchev–Trinajstić information content (AvgIpc) is 3.25. The molecule has 2 aromatic heterocycles. The first-order valence-corrected chi connectivity index (χ1v) is 8.39. The first kappa shape index (κ1) is 17.4. The van der Waals surface area contributed by atoms with E-state index < -0.39 is 5.97 Å². The number of rotatable bonds is 6. The molecule has 0 unspecified atom stereocenters. The molecule has 7 nitrogen and oxygen atoms in total. The number of ether oxygens (including phenoxy) is 1. The number of hydrogen-bond acceptors (Lipinski definition) is 5. The molecule has 0 aliphatic carbocycles. The quantitative estimate of drug-likeness (QED) is 0.690. The topological polar surface area (TPSA) is 96.6 Å². The van der Waals surface area contributed by atoms with Gasteiger partial charge in [-0.15, -0.1) is 0 Å². The normalized spacial score (nSPS) is 10.5. The number of carbonyl (C=O) groups excluding carboxylic acids is 1. The van der Waals surface area contributed by atoms with Gasteiger partial charge in [0.15, 0.2) is 5.69 Å². The van der Waals surface area contributed by atoms with Gasteiger partial charge in [-0.1, -0.05) is 31.5 Å². The molecule has 1 N–H and O–H groups in total. The minimum Gasteiger partial charge on any atom is -0.454 e. The molecule has 3 aromatic rings. The molecule has 0 amide bonds. The van der Waals surface area contributed by atoms with E-state index in [0.717, 1.165) is 24.2 Å². The van der Waals surface area contributed by atoms with E-state index in [9.17, 15) is 10.1 Å². The molecule has 1 aromatic carbocycles. The summed E-state index contributed by atoms with van der Waals surface area (Å²) in [4.78, 5) is 12.3. The molecule has 3 rings (SSSR count). The number of nitrogens with one attached hydrogen (secondary N) is 1. The van der Waals surface area contributed by atoms with Gasteiger partial charge < -0.3 is 4.74 Å². The van der Waals surface area contributed by atoms with Crippen molar-refractivity contribution in [3.8, 4) is 11.8 Å². The highest BCUT2D eigenvalue weighted by molar-refractivity contribution is 5.87. The van der Waals surface area contributed by atoms with Gasteiger partial charge in [0.1, 0.15) is 18.2 Å². The third kappa shape index (κ3) is 3.49. The van der Waals surface area contributed by atoms with Crippen LogP contribution in [0.25, 0.3) is 5.69 Å². The van der Waals surface area contributed by atoms with Crippen LogP contribution in [0.2, 0.25) is 0 Å². The van der Waals surface area contributed by atoms with Crippen LogP contribution < -0.4 is 0 Å². The molecule has 0 aliphatic rings. The zero-order valence-electron chi connectivity index (χ0n) is 14.7. The Bertz CT molecular complexity index is 950. The van der Waals surface area contributed by atoms with Crippen molar-refractivity contribution in [1.82, 2.24) is 20.0 Å². The highest BCUT2D eigenvalue weighted by Crippen LogP contribution is 2.19. The number of nitrogens with zero attached hydrogens (tertiary/aromatic N) is 4. The van der Waals surface area contributed by atoms with Gasteiger partial charge in [0.25, 0.3) is 0 Å². The van der Waals surface area contributed by atoms with E-state index in [2.05, 4.69) is 28.3 Å². The standard InChI is InChI=1S/C19H19N5O2/c1-3-7-14-10-17(22-21-14)19(25)26-12-18-16(11-20)13(2)23-24(18)15-8-5-4-6-9-15/h4-6,8-10H,3,7,12H2,1-2H3,(H,21,22). The van der Waals surface area contributed by atoms with Gasteiger partial charge in [-0.3, -0.25) is 5.10 Å². The molecule has 0 radical (unpaired) electrons. The molecule has 0 aliphatic heterocycles. The predicted molar refractivity (Wildman–Crippen MR) is 94.7 cm³/mol. The Hall–Kier alpha value is -3.40. The van der Waals surface area contributed by atoms with Crippen LogP contribution in [-0.4, -0.2) is 25.9 Å². The SMILES string of the molecule is CCCc1cc(C(=O)OCc2c(C#N)c(C)nn2-c2ccccc2)n[nH]1. The molecule has 7 heteroatoms. The highest BCUT2D eigenvalue weighted by atomic mass is 16.5.